The highest BCUT2D eigenvalue weighted by atomic mass is 15.2. The maximum absolute atomic E-state index is 8.23. The van der Waals surface area contributed by atoms with Crippen LogP contribution in [0.1, 0.15) is 6.42 Å². The molecule has 0 radical (unpaired) electrons. The Balaban J connectivity index is 2.67. The molecule has 0 aromatic rings. The lowest BCUT2D eigenvalue weighted by Gasteiger charge is -2.09. The highest BCUT2D eigenvalue weighted by Gasteiger charge is 2.22. The van der Waals surface area contributed by atoms with Gasteiger partial charge in [0.1, 0.15) is 0 Å². The molecule has 0 saturated carbocycles. The predicted molar refractivity (Wildman–Crippen MR) is 31.1 cm³/mol. The van der Waals surface area contributed by atoms with E-state index < -0.39 is 5.66 Å². The molecule has 0 bridgehead atoms. The van der Waals surface area contributed by atoms with E-state index in [0.29, 0.717) is 0 Å². The van der Waals surface area contributed by atoms with Crippen molar-refractivity contribution in [2.45, 2.75) is 12.1 Å². The summed E-state index contributed by atoms with van der Waals surface area (Å²) in [5.41, 5.74) is 4.66. The van der Waals surface area contributed by atoms with Gasteiger partial charge in [0.15, 0.2) is 5.66 Å². The molecule has 2 N–H and O–H groups in total. The van der Waals surface area contributed by atoms with Gasteiger partial charge in [-0.2, -0.15) is 15.5 Å². The predicted octanol–water partition coefficient (Wildman–Crippen LogP) is 0.535. The Hall–Kier alpha value is -1.21. The first-order valence-electron chi connectivity index (χ1n) is 2.52. The zero-order valence-electron chi connectivity index (χ0n) is 4.78. The van der Waals surface area contributed by atoms with Crippen LogP contribution in [-0.4, -0.2) is 5.66 Å². The third kappa shape index (κ3) is 1.12. The summed E-state index contributed by atoms with van der Waals surface area (Å²) in [6.07, 6.45) is 3.29. The maximum atomic E-state index is 8.23. The van der Waals surface area contributed by atoms with E-state index in [4.69, 9.17) is 11.0 Å². The van der Waals surface area contributed by atoms with Crippen LogP contribution in [0.3, 0.4) is 0 Å². The van der Waals surface area contributed by atoms with Gasteiger partial charge < -0.3 is 5.73 Å². The van der Waals surface area contributed by atoms with Gasteiger partial charge in [-0.15, -0.1) is 0 Å². The summed E-state index contributed by atoms with van der Waals surface area (Å²) in [7, 11) is 0. The fourth-order valence-corrected chi connectivity index (χ4v) is 0.557. The van der Waals surface area contributed by atoms with E-state index >= 15 is 0 Å². The van der Waals surface area contributed by atoms with Crippen LogP contribution in [0.15, 0.2) is 22.5 Å². The van der Waals surface area contributed by atoms with Crippen molar-refractivity contribution in [1.82, 2.24) is 0 Å². The van der Waals surface area contributed by atoms with Crippen molar-refractivity contribution in [3.8, 4) is 6.07 Å². The molecule has 1 rings (SSSR count). The van der Waals surface area contributed by atoms with Crippen molar-refractivity contribution in [3.05, 3.63) is 12.3 Å². The number of rotatable bonds is 1. The summed E-state index contributed by atoms with van der Waals surface area (Å²) in [6.45, 7) is 0. The third-order valence-electron chi connectivity index (χ3n) is 1.04. The Kier molecular flexibility index (Phi) is 1.29. The standard InChI is InChI=1S/C5H6N4/c6-3-1-5(7)2-4-8-9-5/h2,4H,1,7H2. The van der Waals surface area contributed by atoms with Gasteiger partial charge in [-0.25, -0.2) is 0 Å². The molecule has 0 aromatic heterocycles. The van der Waals surface area contributed by atoms with Crippen LogP contribution in [-0.2, 0) is 0 Å². The van der Waals surface area contributed by atoms with Crippen LogP contribution in [0.2, 0.25) is 0 Å². The first-order chi connectivity index (χ1) is 4.27. The van der Waals surface area contributed by atoms with Gasteiger partial charge in [0.25, 0.3) is 0 Å². The average Bonchev–Trinajstić information content (AvgIpc) is 2.16. The third-order valence-corrected chi connectivity index (χ3v) is 1.04. The molecule has 1 aliphatic rings. The minimum atomic E-state index is -0.839. The van der Waals surface area contributed by atoms with Crippen LogP contribution in [0.5, 0.6) is 0 Å². The number of hydrogen-bond acceptors (Lipinski definition) is 4. The molecule has 4 heteroatoms. The average molecular weight is 122 g/mol. The molecule has 0 fully saturated rings. The summed E-state index contributed by atoms with van der Waals surface area (Å²) < 4.78 is 0. The fraction of sp³-hybridized carbons (Fsp3) is 0.400. The maximum Gasteiger partial charge on any atom is 0.163 e. The van der Waals surface area contributed by atoms with Gasteiger partial charge >= 0.3 is 0 Å². The Morgan fingerprint density at radius 2 is 2.56 bits per heavy atom. The van der Waals surface area contributed by atoms with Crippen LogP contribution in [0, 0.1) is 11.3 Å². The molecular formula is C5H6N4. The minimum absolute atomic E-state index is 0.188. The molecule has 0 aromatic carbocycles. The molecule has 0 spiro atoms. The molecule has 1 heterocycles. The highest BCUT2D eigenvalue weighted by molar-refractivity contribution is 5.09. The zero-order chi connectivity index (χ0) is 6.74. The minimum Gasteiger partial charge on any atom is -0.301 e. The monoisotopic (exact) mass is 122 g/mol. The van der Waals surface area contributed by atoms with Gasteiger partial charge in [0, 0.05) is 6.20 Å². The summed E-state index contributed by atoms with van der Waals surface area (Å²) in [5, 5.41) is 15.4. The molecule has 4 nitrogen and oxygen atoms in total. The smallest absolute Gasteiger partial charge is 0.163 e. The molecule has 1 atom stereocenters. The Morgan fingerprint density at radius 1 is 1.78 bits per heavy atom. The van der Waals surface area contributed by atoms with Gasteiger partial charge in [0.2, 0.25) is 0 Å². The number of nitrogens with two attached hydrogens (primary N) is 1. The van der Waals surface area contributed by atoms with Crippen molar-refractivity contribution in [3.63, 3.8) is 0 Å². The number of azo groups is 1. The molecule has 9 heavy (non-hydrogen) atoms. The molecule has 0 amide bonds. The van der Waals surface area contributed by atoms with Crippen LogP contribution < -0.4 is 5.73 Å². The molecular weight excluding hydrogens is 116 g/mol. The second-order valence-corrected chi connectivity index (χ2v) is 1.86. The lowest BCUT2D eigenvalue weighted by Crippen LogP contribution is -2.32. The molecule has 1 aliphatic heterocycles. The van der Waals surface area contributed by atoms with Crippen molar-refractivity contribution in [1.29, 1.82) is 5.26 Å². The quantitative estimate of drug-likeness (QED) is 0.551. The number of nitriles is 1. The first kappa shape index (κ1) is 5.92. The van der Waals surface area contributed by atoms with E-state index in [1.165, 1.54) is 6.20 Å². The fourth-order valence-electron chi connectivity index (χ4n) is 0.557. The van der Waals surface area contributed by atoms with Crippen LogP contribution >= 0.6 is 0 Å². The van der Waals surface area contributed by atoms with E-state index in [1.807, 2.05) is 6.07 Å². The molecule has 0 aliphatic carbocycles. The Bertz CT molecular complexity index is 185. The number of hydrogen-bond donors (Lipinski definition) is 1. The van der Waals surface area contributed by atoms with Gasteiger partial charge in [-0.05, 0) is 6.08 Å². The Labute approximate surface area is 52.7 Å². The molecule has 0 saturated heterocycles. The van der Waals surface area contributed by atoms with E-state index in [1.54, 1.807) is 6.08 Å². The topological polar surface area (TPSA) is 74.5 Å². The van der Waals surface area contributed by atoms with Crippen molar-refractivity contribution >= 4 is 0 Å². The summed E-state index contributed by atoms with van der Waals surface area (Å²) >= 11 is 0. The normalized spacial score (nSPS) is 30.7. The van der Waals surface area contributed by atoms with E-state index in [0.717, 1.165) is 0 Å². The number of nitrogens with zero attached hydrogens (tertiary/aromatic N) is 3. The molecule has 1 unspecified atom stereocenters. The summed E-state index contributed by atoms with van der Waals surface area (Å²) in [5.74, 6) is 0. The van der Waals surface area contributed by atoms with Crippen molar-refractivity contribution < 1.29 is 0 Å². The summed E-state index contributed by atoms with van der Waals surface area (Å²) in [6, 6.07) is 1.92. The Morgan fingerprint density at radius 3 is 3.00 bits per heavy atom. The second-order valence-electron chi connectivity index (χ2n) is 1.86. The van der Waals surface area contributed by atoms with Crippen LogP contribution in [0.25, 0.3) is 0 Å². The lowest BCUT2D eigenvalue weighted by molar-refractivity contribution is 0.562. The van der Waals surface area contributed by atoms with E-state index in [-0.39, 0.29) is 6.42 Å². The summed E-state index contributed by atoms with van der Waals surface area (Å²) in [4.78, 5) is 0. The first-order valence-corrected chi connectivity index (χ1v) is 2.52. The second kappa shape index (κ2) is 1.96. The van der Waals surface area contributed by atoms with Gasteiger partial charge in [0.05, 0.1) is 12.5 Å². The molecule has 46 valence electrons. The highest BCUT2D eigenvalue weighted by Crippen LogP contribution is 2.15. The van der Waals surface area contributed by atoms with Crippen molar-refractivity contribution in [2.75, 3.05) is 0 Å². The zero-order valence-corrected chi connectivity index (χ0v) is 4.78. The van der Waals surface area contributed by atoms with Gasteiger partial charge in [-0.3, -0.25) is 0 Å². The van der Waals surface area contributed by atoms with E-state index in [9.17, 15) is 0 Å². The van der Waals surface area contributed by atoms with Crippen molar-refractivity contribution in [2.24, 2.45) is 16.0 Å². The van der Waals surface area contributed by atoms with Crippen LogP contribution in [0.4, 0.5) is 0 Å². The lowest BCUT2D eigenvalue weighted by atomic mass is 10.1. The van der Waals surface area contributed by atoms with Gasteiger partial charge in [-0.1, -0.05) is 0 Å². The van der Waals surface area contributed by atoms with E-state index in [2.05, 4.69) is 10.2 Å². The largest absolute Gasteiger partial charge is 0.301 e. The SMILES string of the molecule is N#CCC1(N)C=CN=N1.